The maximum absolute atomic E-state index is 4.03. The molecule has 79 heavy (non-hydrogen) atoms. The Balaban J connectivity index is 0.914. The summed E-state index contributed by atoms with van der Waals surface area (Å²) in [5.41, 5.74) is 21.7. The number of nitrogens with zero attached hydrogens (tertiary/aromatic N) is 2. The van der Waals surface area contributed by atoms with Crippen molar-refractivity contribution in [2.75, 3.05) is 16.3 Å². The lowest BCUT2D eigenvalue weighted by Gasteiger charge is -2.49. The minimum absolute atomic E-state index is 0.209. The molecule has 0 saturated heterocycles. The van der Waals surface area contributed by atoms with Crippen LogP contribution in [0.15, 0.2) is 271 Å². The molecule has 6 aliphatic rings. The summed E-state index contributed by atoms with van der Waals surface area (Å²) in [5.74, 6) is 1.47. The monoisotopic (exact) mass is 1040 g/mol. The van der Waals surface area contributed by atoms with Gasteiger partial charge in [-0.25, -0.2) is 0 Å². The van der Waals surface area contributed by atoms with Crippen LogP contribution in [0.3, 0.4) is 0 Å². The van der Waals surface area contributed by atoms with Crippen LogP contribution in [-0.4, -0.2) is 6.54 Å². The van der Waals surface area contributed by atoms with Gasteiger partial charge in [0.05, 0.1) is 11.1 Å². The van der Waals surface area contributed by atoms with E-state index in [-0.39, 0.29) is 17.3 Å². The molecule has 0 fully saturated rings. The molecule has 0 N–H and O–H groups in total. The normalized spacial score (nSPS) is 23.2. The van der Waals surface area contributed by atoms with Crippen molar-refractivity contribution in [3.63, 3.8) is 0 Å². The molecule has 0 radical (unpaired) electrons. The Bertz CT molecular complexity index is 3830. The third-order valence-electron chi connectivity index (χ3n) is 18.9. The van der Waals surface area contributed by atoms with Crippen molar-refractivity contribution in [1.29, 1.82) is 0 Å². The number of thioether (sulfide) groups is 1. The van der Waals surface area contributed by atoms with E-state index in [1.165, 1.54) is 105 Å². The van der Waals surface area contributed by atoms with Gasteiger partial charge in [-0.1, -0.05) is 245 Å². The molecule has 0 saturated carbocycles. The summed E-state index contributed by atoms with van der Waals surface area (Å²) in [6.45, 7) is 12.4. The molecule has 8 aromatic carbocycles. The molecular weight excluding hydrogens is 973 g/mol. The lowest BCUT2D eigenvalue weighted by atomic mass is 9.56. The van der Waals surface area contributed by atoms with Crippen LogP contribution in [0.5, 0.6) is 0 Å². The second-order valence-electron chi connectivity index (χ2n) is 22.7. The molecule has 0 aromatic heterocycles. The minimum atomic E-state index is -0.531. The second kappa shape index (κ2) is 20.0. The number of allylic oxidation sites excluding steroid dienone is 10. The average molecular weight is 1040 g/mol. The number of hydrogen-bond donors (Lipinski definition) is 0. The largest absolute Gasteiger partial charge is 0.341 e. The molecule has 2 heterocycles. The Hall–Kier alpha value is -8.11. The Labute approximate surface area is 472 Å². The van der Waals surface area contributed by atoms with Gasteiger partial charge < -0.3 is 9.80 Å². The summed E-state index contributed by atoms with van der Waals surface area (Å²) < 4.78 is 0. The molecule has 2 aliphatic heterocycles. The van der Waals surface area contributed by atoms with Gasteiger partial charge in [-0.3, -0.25) is 0 Å². The summed E-state index contributed by atoms with van der Waals surface area (Å²) >= 11 is 1.86. The SMILES string of the molecule is C=C/C=C\C1=C(C)N(C2=CC3C(c4ccc(/C=C/c5ccc6c(c5)C(c5ccccc5)(c5ccccc5)c5cc(N7CCCc8ccccc87)ccc5-6)cc4C3(c3ccccc3)C3C=CC=CC3)C(C)C2C)c2ccccc2S1. The van der Waals surface area contributed by atoms with E-state index in [1.807, 2.05) is 17.8 Å². The molecule has 0 spiro atoms. The van der Waals surface area contributed by atoms with E-state index < -0.39 is 5.41 Å². The first-order valence-corrected chi connectivity index (χ1v) is 29.5. The highest BCUT2D eigenvalue weighted by Crippen LogP contribution is 2.66. The average Bonchev–Trinajstić information content (AvgIpc) is 2.56. The maximum Gasteiger partial charge on any atom is 0.0714 e. The number of hydrogen-bond acceptors (Lipinski definition) is 3. The third-order valence-corrected chi connectivity index (χ3v) is 20.1. The van der Waals surface area contributed by atoms with Gasteiger partial charge in [0.2, 0.25) is 0 Å². The maximum atomic E-state index is 4.03. The fourth-order valence-electron chi connectivity index (χ4n) is 15.3. The zero-order valence-corrected chi connectivity index (χ0v) is 46.3. The van der Waals surface area contributed by atoms with Crippen molar-refractivity contribution in [2.24, 2.45) is 23.7 Å². The molecule has 386 valence electrons. The lowest BCUT2D eigenvalue weighted by Crippen LogP contribution is -2.45. The van der Waals surface area contributed by atoms with Crippen LogP contribution in [-0.2, 0) is 17.3 Å². The molecule has 6 unspecified atom stereocenters. The van der Waals surface area contributed by atoms with E-state index in [2.05, 4.69) is 286 Å². The molecular formula is C76H66N2S. The zero-order valence-electron chi connectivity index (χ0n) is 45.5. The van der Waals surface area contributed by atoms with Crippen LogP contribution in [0, 0.1) is 23.7 Å². The van der Waals surface area contributed by atoms with E-state index >= 15 is 0 Å². The van der Waals surface area contributed by atoms with E-state index in [1.54, 1.807) is 0 Å². The summed E-state index contributed by atoms with van der Waals surface area (Å²) in [7, 11) is 0. The molecule has 14 rings (SSSR count). The first-order valence-electron chi connectivity index (χ1n) is 28.7. The number of rotatable bonds is 10. The van der Waals surface area contributed by atoms with E-state index in [0.717, 1.165) is 25.8 Å². The number of aryl methyl sites for hydroxylation is 1. The second-order valence-corrected chi connectivity index (χ2v) is 23.8. The van der Waals surface area contributed by atoms with Crippen LogP contribution in [0.1, 0.15) is 95.2 Å². The highest BCUT2D eigenvalue weighted by Gasteiger charge is 2.59. The number of benzene rings is 8. The summed E-state index contributed by atoms with van der Waals surface area (Å²) in [4.78, 5) is 7.71. The highest BCUT2D eigenvalue weighted by atomic mass is 32.2. The van der Waals surface area contributed by atoms with Gasteiger partial charge in [-0.15, -0.1) is 0 Å². The van der Waals surface area contributed by atoms with Crippen molar-refractivity contribution < 1.29 is 0 Å². The van der Waals surface area contributed by atoms with Crippen LogP contribution >= 0.6 is 11.8 Å². The zero-order chi connectivity index (χ0) is 53.2. The van der Waals surface area contributed by atoms with Crippen LogP contribution in [0.25, 0.3) is 23.3 Å². The van der Waals surface area contributed by atoms with Gasteiger partial charge >= 0.3 is 0 Å². The predicted octanol–water partition coefficient (Wildman–Crippen LogP) is 19.2. The Kier molecular flexibility index (Phi) is 12.4. The van der Waals surface area contributed by atoms with E-state index in [0.29, 0.717) is 17.8 Å². The van der Waals surface area contributed by atoms with E-state index in [4.69, 9.17) is 0 Å². The fraction of sp³-hybridized carbons (Fsp3) is 0.184. The molecule has 0 bridgehead atoms. The van der Waals surface area contributed by atoms with Gasteiger partial charge in [0, 0.05) is 50.4 Å². The Morgan fingerprint density at radius 1 is 0.620 bits per heavy atom. The first-order chi connectivity index (χ1) is 38.9. The van der Waals surface area contributed by atoms with Crippen LogP contribution < -0.4 is 9.80 Å². The Morgan fingerprint density at radius 3 is 1.96 bits per heavy atom. The first kappa shape index (κ1) is 49.2. The van der Waals surface area contributed by atoms with Crippen molar-refractivity contribution in [3.05, 3.63) is 321 Å². The quantitative estimate of drug-likeness (QED) is 0.0996. The number of anilines is 3. The summed E-state index contributed by atoms with van der Waals surface area (Å²) in [6.07, 6.45) is 26.4. The molecule has 2 nitrogen and oxygen atoms in total. The smallest absolute Gasteiger partial charge is 0.0714 e. The van der Waals surface area contributed by atoms with Crippen molar-refractivity contribution in [1.82, 2.24) is 0 Å². The molecule has 8 aromatic rings. The van der Waals surface area contributed by atoms with E-state index in [9.17, 15) is 0 Å². The third kappa shape index (κ3) is 7.75. The fourth-order valence-corrected chi connectivity index (χ4v) is 16.3. The predicted molar refractivity (Wildman–Crippen MR) is 334 cm³/mol. The lowest BCUT2D eigenvalue weighted by molar-refractivity contribution is 0.211. The molecule has 3 heteroatoms. The molecule has 6 atom stereocenters. The van der Waals surface area contributed by atoms with Gasteiger partial charge in [0.1, 0.15) is 0 Å². The number of fused-ring (bicyclic) bond motifs is 8. The van der Waals surface area contributed by atoms with Crippen molar-refractivity contribution in [3.8, 4) is 11.1 Å². The van der Waals surface area contributed by atoms with Gasteiger partial charge in [-0.05, 0) is 159 Å². The molecule has 0 amide bonds. The van der Waals surface area contributed by atoms with Gasteiger partial charge in [-0.2, -0.15) is 0 Å². The number of para-hydroxylation sites is 2. The Morgan fingerprint density at radius 2 is 1.25 bits per heavy atom. The van der Waals surface area contributed by atoms with Crippen LogP contribution in [0.2, 0.25) is 0 Å². The standard InChI is InChI=1S/C76H66N2S/c1-5-6-36-72-53(4)78(70-35-21-22-37-73(70)79-72)71-50-68-74(52(3)51(71)2)64-44-41-55(48-66(64)76(68,59-30-15-9-16-31-59)60-32-17-10-18-33-60)39-38-54-40-43-62-63-45-42-61(77-46-23-25-56-24-19-20-34-69(56)77)49-67(63)75(65(62)47-54,57-26-11-7-12-27-57)58-28-13-8-14-29-58/h5-22,24,26-32,34-45,47-52,60,68,74H,1,23,25,33,46H2,2-4H3/b36-6-,39-38+. The highest BCUT2D eigenvalue weighted by molar-refractivity contribution is 8.03. The van der Waals surface area contributed by atoms with Crippen molar-refractivity contribution >= 4 is 41.0 Å². The topological polar surface area (TPSA) is 6.48 Å². The molecule has 4 aliphatic carbocycles. The van der Waals surface area contributed by atoms with Gasteiger partial charge in [0.25, 0.3) is 0 Å². The minimum Gasteiger partial charge on any atom is -0.341 e. The van der Waals surface area contributed by atoms with Crippen LogP contribution in [0.4, 0.5) is 17.1 Å². The van der Waals surface area contributed by atoms with Crippen molar-refractivity contribution in [2.45, 2.75) is 61.7 Å². The summed E-state index contributed by atoms with van der Waals surface area (Å²) in [6, 6.07) is 74.1. The summed E-state index contributed by atoms with van der Waals surface area (Å²) in [5, 5.41) is 0. The van der Waals surface area contributed by atoms with Gasteiger partial charge in [0.15, 0.2) is 0 Å².